The van der Waals surface area contributed by atoms with E-state index >= 15 is 0 Å². The fraction of sp³-hybridized carbons (Fsp3) is 0.300. The number of amides is 3. The summed E-state index contributed by atoms with van der Waals surface area (Å²) in [5.74, 6) is -1.13. The average Bonchev–Trinajstić information content (AvgIpc) is 3.45. The summed E-state index contributed by atoms with van der Waals surface area (Å²) >= 11 is 0. The number of hydrogen-bond acceptors (Lipinski definition) is 3. The molecule has 0 bridgehead atoms. The van der Waals surface area contributed by atoms with Crippen LogP contribution in [-0.4, -0.2) is 40.6 Å². The van der Waals surface area contributed by atoms with Crippen LogP contribution >= 0.6 is 0 Å². The first kappa shape index (κ1) is 23.9. The molecule has 2 saturated heterocycles. The Bertz CT molecular complexity index is 1310. The van der Waals surface area contributed by atoms with Gasteiger partial charge in [-0.05, 0) is 41.7 Å². The van der Waals surface area contributed by atoms with Crippen molar-refractivity contribution in [1.82, 2.24) is 9.80 Å². The van der Waals surface area contributed by atoms with Crippen LogP contribution < -0.4 is 0 Å². The molecule has 0 radical (unpaired) electrons. The van der Waals surface area contributed by atoms with Crippen LogP contribution in [0.4, 0.5) is 4.39 Å². The van der Waals surface area contributed by atoms with E-state index in [1.165, 1.54) is 11.0 Å². The van der Waals surface area contributed by atoms with Gasteiger partial charge in [0, 0.05) is 31.8 Å². The molecule has 3 amide bonds. The summed E-state index contributed by atoms with van der Waals surface area (Å²) in [6.07, 6.45) is 0.536. The molecule has 0 N–H and O–H groups in total. The van der Waals surface area contributed by atoms with Crippen molar-refractivity contribution in [3.63, 3.8) is 0 Å². The van der Waals surface area contributed by atoms with E-state index in [0.29, 0.717) is 25.1 Å². The van der Waals surface area contributed by atoms with Crippen molar-refractivity contribution in [2.24, 2.45) is 0 Å². The third kappa shape index (κ3) is 4.32. The Kier molecular flexibility index (Phi) is 6.44. The van der Waals surface area contributed by atoms with Gasteiger partial charge in [-0.2, -0.15) is 0 Å². The van der Waals surface area contributed by atoms with Gasteiger partial charge in [0.2, 0.25) is 17.7 Å². The lowest BCUT2D eigenvalue weighted by Gasteiger charge is -2.30. The van der Waals surface area contributed by atoms with E-state index in [2.05, 4.69) is 0 Å². The minimum absolute atomic E-state index is 0.0418. The van der Waals surface area contributed by atoms with E-state index in [0.717, 1.165) is 16.7 Å². The normalized spacial score (nSPS) is 21.9. The van der Waals surface area contributed by atoms with Crippen LogP contribution in [0.1, 0.15) is 47.4 Å². The molecule has 0 aromatic heterocycles. The zero-order chi connectivity index (χ0) is 25.3. The predicted molar refractivity (Wildman–Crippen MR) is 134 cm³/mol. The van der Waals surface area contributed by atoms with E-state index in [9.17, 15) is 18.8 Å². The Balaban J connectivity index is 1.42. The van der Waals surface area contributed by atoms with E-state index in [4.69, 9.17) is 0 Å². The molecule has 2 fully saturated rings. The van der Waals surface area contributed by atoms with Gasteiger partial charge in [0.05, 0.1) is 12.0 Å². The number of carbonyl (C=O) groups excluding carboxylic acids is 3. The summed E-state index contributed by atoms with van der Waals surface area (Å²) < 4.78 is 14.3. The van der Waals surface area contributed by atoms with Gasteiger partial charge >= 0.3 is 0 Å². The van der Waals surface area contributed by atoms with E-state index in [1.54, 1.807) is 23.1 Å². The van der Waals surface area contributed by atoms with Crippen molar-refractivity contribution in [3.05, 3.63) is 107 Å². The molecule has 3 aromatic rings. The SMILES string of the molecule is Cc1ccccc1[C@@]1(CC(=O)N2CC[C@H](c3ccccc3F)C2)CC(=O)N(Cc2ccccc2)C1=O. The van der Waals surface area contributed by atoms with Crippen molar-refractivity contribution in [2.45, 2.75) is 44.1 Å². The van der Waals surface area contributed by atoms with Gasteiger partial charge < -0.3 is 4.90 Å². The summed E-state index contributed by atoms with van der Waals surface area (Å²) in [7, 11) is 0. The van der Waals surface area contributed by atoms with Crippen LogP contribution in [0.25, 0.3) is 0 Å². The lowest BCUT2D eigenvalue weighted by Crippen LogP contribution is -2.43. The number of carbonyl (C=O) groups is 3. The highest BCUT2D eigenvalue weighted by Crippen LogP contribution is 2.43. The maximum Gasteiger partial charge on any atom is 0.241 e. The molecular weight excluding hydrogens is 455 g/mol. The summed E-state index contributed by atoms with van der Waals surface area (Å²) in [5.41, 5.74) is 1.82. The molecular formula is C30H29FN2O3. The Morgan fingerprint density at radius 3 is 2.42 bits per heavy atom. The van der Waals surface area contributed by atoms with Crippen LogP contribution in [0.15, 0.2) is 78.9 Å². The van der Waals surface area contributed by atoms with Gasteiger partial charge in [-0.25, -0.2) is 4.39 Å². The molecule has 3 aromatic carbocycles. The quantitative estimate of drug-likeness (QED) is 0.475. The minimum atomic E-state index is -1.25. The lowest BCUT2D eigenvalue weighted by atomic mass is 9.74. The van der Waals surface area contributed by atoms with E-state index in [1.807, 2.05) is 61.5 Å². The number of likely N-dealkylation sites (tertiary alicyclic amines) is 2. The minimum Gasteiger partial charge on any atom is -0.342 e. The average molecular weight is 485 g/mol. The molecule has 2 heterocycles. The van der Waals surface area contributed by atoms with Crippen molar-refractivity contribution in [1.29, 1.82) is 0 Å². The molecule has 2 aliphatic rings. The van der Waals surface area contributed by atoms with Crippen molar-refractivity contribution >= 4 is 17.7 Å². The number of benzene rings is 3. The molecule has 2 atom stereocenters. The monoisotopic (exact) mass is 484 g/mol. The third-order valence-corrected chi connectivity index (χ3v) is 7.59. The van der Waals surface area contributed by atoms with Gasteiger partial charge in [-0.15, -0.1) is 0 Å². The zero-order valence-electron chi connectivity index (χ0n) is 20.3. The smallest absolute Gasteiger partial charge is 0.241 e. The number of aryl methyl sites for hydroxylation is 1. The fourth-order valence-corrected chi connectivity index (χ4v) is 5.70. The number of halogens is 1. The molecule has 0 aliphatic carbocycles. The van der Waals surface area contributed by atoms with Gasteiger partial charge in [0.1, 0.15) is 5.82 Å². The summed E-state index contributed by atoms with van der Waals surface area (Å²) in [6, 6.07) is 23.6. The van der Waals surface area contributed by atoms with Gasteiger partial charge in [-0.1, -0.05) is 72.8 Å². The van der Waals surface area contributed by atoms with Crippen molar-refractivity contribution in [2.75, 3.05) is 13.1 Å². The topological polar surface area (TPSA) is 57.7 Å². The standard InChI is InChI=1S/C30H29FN2O3/c1-21-9-5-7-13-25(21)30(18-28(35)33(29(30)36)19-22-10-3-2-4-11-22)17-27(34)32-16-15-23(20-32)24-12-6-8-14-26(24)31/h2-14,23H,15-20H2,1H3/t23-,30+/m0/s1. The number of rotatable bonds is 6. The number of nitrogens with zero attached hydrogens (tertiary/aromatic N) is 2. The molecule has 184 valence electrons. The summed E-state index contributed by atoms with van der Waals surface area (Å²) in [6.45, 7) is 2.99. The molecule has 5 rings (SSSR count). The second-order valence-electron chi connectivity index (χ2n) is 9.87. The lowest BCUT2D eigenvalue weighted by molar-refractivity contribution is -0.143. The maximum atomic E-state index is 14.3. The number of hydrogen-bond donors (Lipinski definition) is 0. The summed E-state index contributed by atoms with van der Waals surface area (Å²) in [5, 5.41) is 0. The molecule has 2 aliphatic heterocycles. The van der Waals surface area contributed by atoms with Crippen LogP contribution in [0.3, 0.4) is 0 Å². The molecule has 5 nitrogen and oxygen atoms in total. The molecule has 6 heteroatoms. The van der Waals surface area contributed by atoms with Crippen LogP contribution in [0.5, 0.6) is 0 Å². The fourth-order valence-electron chi connectivity index (χ4n) is 5.70. The predicted octanol–water partition coefficient (Wildman–Crippen LogP) is 4.74. The highest BCUT2D eigenvalue weighted by molar-refractivity contribution is 6.10. The first-order valence-corrected chi connectivity index (χ1v) is 12.4. The highest BCUT2D eigenvalue weighted by Gasteiger charge is 2.54. The first-order chi connectivity index (χ1) is 17.4. The van der Waals surface area contributed by atoms with Gasteiger partial charge in [-0.3, -0.25) is 19.3 Å². The zero-order valence-corrected chi connectivity index (χ0v) is 20.3. The second kappa shape index (κ2) is 9.69. The van der Waals surface area contributed by atoms with Crippen molar-refractivity contribution < 1.29 is 18.8 Å². The highest BCUT2D eigenvalue weighted by atomic mass is 19.1. The van der Waals surface area contributed by atoms with Crippen LogP contribution in [-0.2, 0) is 26.3 Å². The van der Waals surface area contributed by atoms with Gasteiger partial charge in [0.15, 0.2) is 0 Å². The molecule has 0 unspecified atom stereocenters. The maximum absolute atomic E-state index is 14.3. The molecule has 0 spiro atoms. The van der Waals surface area contributed by atoms with Gasteiger partial charge in [0.25, 0.3) is 0 Å². The second-order valence-corrected chi connectivity index (χ2v) is 9.87. The Morgan fingerprint density at radius 1 is 0.972 bits per heavy atom. The Morgan fingerprint density at radius 2 is 1.67 bits per heavy atom. The van der Waals surface area contributed by atoms with E-state index in [-0.39, 0.29) is 48.8 Å². The number of imide groups is 1. The molecule has 0 saturated carbocycles. The van der Waals surface area contributed by atoms with E-state index < -0.39 is 5.41 Å². The largest absolute Gasteiger partial charge is 0.342 e. The first-order valence-electron chi connectivity index (χ1n) is 12.4. The molecule has 36 heavy (non-hydrogen) atoms. The Labute approximate surface area is 210 Å². The third-order valence-electron chi connectivity index (χ3n) is 7.59. The summed E-state index contributed by atoms with van der Waals surface area (Å²) in [4.78, 5) is 43.8. The Hall–Kier alpha value is -3.80. The van der Waals surface area contributed by atoms with Crippen molar-refractivity contribution in [3.8, 4) is 0 Å². The van der Waals surface area contributed by atoms with Crippen LogP contribution in [0, 0.1) is 12.7 Å². The van der Waals surface area contributed by atoms with Crippen LogP contribution in [0.2, 0.25) is 0 Å².